The highest BCUT2D eigenvalue weighted by atomic mass is 16.5. The minimum absolute atomic E-state index is 0.228. The van der Waals surface area contributed by atoms with Crippen LogP contribution in [0.25, 0.3) is 0 Å². The number of benzene rings is 1. The molecule has 1 fully saturated rings. The summed E-state index contributed by atoms with van der Waals surface area (Å²) in [5.41, 5.74) is 1.25. The van der Waals surface area contributed by atoms with Gasteiger partial charge in [0.15, 0.2) is 5.82 Å². The molecule has 0 amide bonds. The number of hydrogen-bond donors (Lipinski definition) is 0. The van der Waals surface area contributed by atoms with Crippen molar-refractivity contribution in [3.05, 3.63) is 41.5 Å². The van der Waals surface area contributed by atoms with Crippen LogP contribution < -0.4 is 4.74 Å². The molecule has 118 valence electrons. The second-order valence-electron chi connectivity index (χ2n) is 6.13. The average molecular weight is 301 g/mol. The summed E-state index contributed by atoms with van der Waals surface area (Å²) < 4.78 is 10.8. The minimum atomic E-state index is 0.228. The Morgan fingerprint density at radius 3 is 3.00 bits per heavy atom. The van der Waals surface area contributed by atoms with Gasteiger partial charge in [-0.05, 0) is 37.1 Å². The Balaban J connectivity index is 1.74. The van der Waals surface area contributed by atoms with Crippen molar-refractivity contribution >= 4 is 0 Å². The largest absolute Gasteiger partial charge is 0.497 e. The molecule has 2 heterocycles. The quantitative estimate of drug-likeness (QED) is 0.845. The van der Waals surface area contributed by atoms with Gasteiger partial charge in [0.05, 0.1) is 13.2 Å². The van der Waals surface area contributed by atoms with Gasteiger partial charge in [-0.25, -0.2) is 0 Å². The van der Waals surface area contributed by atoms with Crippen molar-refractivity contribution in [3.8, 4) is 5.75 Å². The standard InChI is InChI=1S/C17H23N3O2/c1-12(2)16-18-17(22-19-16)15-8-5-9-20(15)11-13-6-4-7-14(10-13)21-3/h4,6-7,10,12,15H,5,8-9,11H2,1-3H3. The normalized spacial score (nSPS) is 19.0. The smallest absolute Gasteiger partial charge is 0.244 e. The minimum Gasteiger partial charge on any atom is -0.497 e. The molecule has 1 aliphatic rings. The lowest BCUT2D eigenvalue weighted by atomic mass is 10.1. The first-order valence-corrected chi connectivity index (χ1v) is 7.88. The summed E-state index contributed by atoms with van der Waals surface area (Å²) in [5.74, 6) is 2.74. The Morgan fingerprint density at radius 2 is 2.27 bits per heavy atom. The highest BCUT2D eigenvalue weighted by Gasteiger charge is 2.30. The maximum Gasteiger partial charge on any atom is 0.244 e. The van der Waals surface area contributed by atoms with Crippen molar-refractivity contribution in [1.82, 2.24) is 15.0 Å². The summed E-state index contributed by atoms with van der Waals surface area (Å²) in [5, 5.41) is 4.10. The summed E-state index contributed by atoms with van der Waals surface area (Å²) in [7, 11) is 1.70. The zero-order chi connectivity index (χ0) is 15.5. The van der Waals surface area contributed by atoms with Gasteiger partial charge in [0.1, 0.15) is 5.75 Å². The molecule has 5 heteroatoms. The Morgan fingerprint density at radius 1 is 1.41 bits per heavy atom. The number of rotatable bonds is 5. The third kappa shape index (κ3) is 3.14. The van der Waals surface area contributed by atoms with E-state index in [1.807, 2.05) is 12.1 Å². The van der Waals surface area contributed by atoms with Gasteiger partial charge >= 0.3 is 0 Å². The lowest BCUT2D eigenvalue weighted by molar-refractivity contribution is 0.200. The van der Waals surface area contributed by atoms with E-state index in [0.717, 1.165) is 43.4 Å². The van der Waals surface area contributed by atoms with E-state index >= 15 is 0 Å². The molecule has 1 aliphatic heterocycles. The third-order valence-corrected chi connectivity index (χ3v) is 4.14. The molecule has 1 aromatic carbocycles. The van der Waals surface area contributed by atoms with E-state index in [1.54, 1.807) is 7.11 Å². The van der Waals surface area contributed by atoms with Crippen LogP contribution in [0.5, 0.6) is 5.75 Å². The fourth-order valence-electron chi connectivity index (χ4n) is 2.92. The lowest BCUT2D eigenvalue weighted by Gasteiger charge is -2.21. The van der Waals surface area contributed by atoms with E-state index in [9.17, 15) is 0 Å². The molecule has 2 aromatic rings. The van der Waals surface area contributed by atoms with E-state index in [4.69, 9.17) is 9.26 Å². The van der Waals surface area contributed by atoms with Crippen LogP contribution in [-0.4, -0.2) is 28.7 Å². The number of nitrogens with zero attached hydrogens (tertiary/aromatic N) is 3. The van der Waals surface area contributed by atoms with Crippen LogP contribution in [0.4, 0.5) is 0 Å². The first kappa shape index (κ1) is 15.0. The molecule has 0 saturated carbocycles. The summed E-state index contributed by atoms with van der Waals surface area (Å²) in [4.78, 5) is 6.98. The molecule has 0 aliphatic carbocycles. The van der Waals surface area contributed by atoms with E-state index in [0.29, 0.717) is 5.92 Å². The predicted octanol–water partition coefficient (Wildman–Crippen LogP) is 3.54. The Kier molecular flexibility index (Phi) is 4.43. The van der Waals surface area contributed by atoms with Crippen molar-refractivity contribution in [2.45, 2.75) is 45.2 Å². The molecule has 0 bridgehead atoms. The van der Waals surface area contributed by atoms with Crippen molar-refractivity contribution < 1.29 is 9.26 Å². The van der Waals surface area contributed by atoms with Gasteiger partial charge in [0.25, 0.3) is 0 Å². The summed E-state index contributed by atoms with van der Waals surface area (Å²) in [6.45, 7) is 6.09. The molecule has 5 nitrogen and oxygen atoms in total. The number of methoxy groups -OCH3 is 1. The summed E-state index contributed by atoms with van der Waals surface area (Å²) >= 11 is 0. The van der Waals surface area contributed by atoms with E-state index < -0.39 is 0 Å². The number of likely N-dealkylation sites (tertiary alicyclic amines) is 1. The number of ether oxygens (including phenoxy) is 1. The maximum absolute atomic E-state index is 5.50. The fourth-order valence-corrected chi connectivity index (χ4v) is 2.92. The third-order valence-electron chi connectivity index (χ3n) is 4.14. The van der Waals surface area contributed by atoms with Crippen LogP contribution in [0.2, 0.25) is 0 Å². The van der Waals surface area contributed by atoms with Gasteiger partial charge < -0.3 is 9.26 Å². The monoisotopic (exact) mass is 301 g/mol. The zero-order valence-corrected chi connectivity index (χ0v) is 13.5. The molecule has 0 spiro atoms. The molecule has 22 heavy (non-hydrogen) atoms. The van der Waals surface area contributed by atoms with Gasteiger partial charge in [-0.15, -0.1) is 0 Å². The van der Waals surface area contributed by atoms with Crippen LogP contribution in [0.1, 0.15) is 55.9 Å². The highest BCUT2D eigenvalue weighted by molar-refractivity contribution is 5.28. The molecule has 3 rings (SSSR count). The molecule has 1 aromatic heterocycles. The molecule has 0 N–H and O–H groups in total. The van der Waals surface area contributed by atoms with Crippen LogP contribution in [0, 0.1) is 0 Å². The van der Waals surface area contributed by atoms with Crippen molar-refractivity contribution in [3.63, 3.8) is 0 Å². The Bertz CT molecular complexity index is 624. The predicted molar refractivity (Wildman–Crippen MR) is 83.8 cm³/mol. The molecule has 1 atom stereocenters. The van der Waals surface area contributed by atoms with Gasteiger partial charge in [-0.2, -0.15) is 4.98 Å². The maximum atomic E-state index is 5.50. The number of hydrogen-bond acceptors (Lipinski definition) is 5. The Labute approximate surface area is 131 Å². The molecule has 1 unspecified atom stereocenters. The van der Waals surface area contributed by atoms with Crippen LogP contribution in [0.15, 0.2) is 28.8 Å². The van der Waals surface area contributed by atoms with Gasteiger partial charge in [-0.1, -0.05) is 31.1 Å². The average Bonchev–Trinajstić information content (AvgIpc) is 3.16. The first-order chi connectivity index (χ1) is 10.7. The van der Waals surface area contributed by atoms with E-state index in [2.05, 4.69) is 41.0 Å². The molecule has 0 radical (unpaired) electrons. The zero-order valence-electron chi connectivity index (χ0n) is 13.5. The van der Waals surface area contributed by atoms with Crippen LogP contribution in [-0.2, 0) is 6.54 Å². The molecular weight excluding hydrogens is 278 g/mol. The summed E-state index contributed by atoms with van der Waals surface area (Å²) in [6.07, 6.45) is 2.23. The van der Waals surface area contributed by atoms with Crippen molar-refractivity contribution in [2.75, 3.05) is 13.7 Å². The second kappa shape index (κ2) is 6.48. The topological polar surface area (TPSA) is 51.4 Å². The van der Waals surface area contributed by atoms with E-state index in [1.165, 1.54) is 5.56 Å². The van der Waals surface area contributed by atoms with Gasteiger partial charge in [0, 0.05) is 12.5 Å². The molecule has 1 saturated heterocycles. The first-order valence-electron chi connectivity index (χ1n) is 7.88. The second-order valence-corrected chi connectivity index (χ2v) is 6.13. The van der Waals surface area contributed by atoms with Crippen molar-refractivity contribution in [2.24, 2.45) is 0 Å². The summed E-state index contributed by atoms with van der Waals surface area (Å²) in [6, 6.07) is 8.44. The van der Waals surface area contributed by atoms with Gasteiger partial charge in [-0.3, -0.25) is 4.90 Å². The fraction of sp³-hybridized carbons (Fsp3) is 0.529. The number of aromatic nitrogens is 2. The van der Waals surface area contributed by atoms with Crippen LogP contribution >= 0.6 is 0 Å². The highest BCUT2D eigenvalue weighted by Crippen LogP contribution is 2.33. The van der Waals surface area contributed by atoms with E-state index in [-0.39, 0.29) is 6.04 Å². The van der Waals surface area contributed by atoms with Gasteiger partial charge in [0.2, 0.25) is 5.89 Å². The van der Waals surface area contributed by atoms with Crippen LogP contribution in [0.3, 0.4) is 0 Å². The van der Waals surface area contributed by atoms with Crippen molar-refractivity contribution in [1.29, 1.82) is 0 Å². The SMILES string of the molecule is COc1cccc(CN2CCCC2c2nc(C(C)C)no2)c1. The Hall–Kier alpha value is -1.88. The lowest BCUT2D eigenvalue weighted by Crippen LogP contribution is -2.23. The molecular formula is C17H23N3O2.